The van der Waals surface area contributed by atoms with E-state index in [9.17, 15) is 9.59 Å². The van der Waals surface area contributed by atoms with Gasteiger partial charge in [-0.2, -0.15) is 0 Å². The summed E-state index contributed by atoms with van der Waals surface area (Å²) in [7, 11) is 2.10. The maximum Gasteiger partial charge on any atom is 0.307 e. The molecule has 0 saturated heterocycles. The van der Waals surface area contributed by atoms with Gasteiger partial charge in [-0.1, -0.05) is 26.7 Å². The van der Waals surface area contributed by atoms with Gasteiger partial charge in [0.15, 0.2) is 0 Å². The number of likely N-dealkylation sites (N-methyl/N-ethyl adjacent to an activating group) is 1. The van der Waals surface area contributed by atoms with Crippen molar-refractivity contribution in [2.45, 2.75) is 45.6 Å². The summed E-state index contributed by atoms with van der Waals surface area (Å²) in [5.74, 6) is -1.88. The van der Waals surface area contributed by atoms with Crippen LogP contribution in [-0.4, -0.2) is 48.1 Å². The summed E-state index contributed by atoms with van der Waals surface area (Å²) in [6, 6.07) is 0.649. The van der Waals surface area contributed by atoms with Gasteiger partial charge in [0.2, 0.25) is 5.91 Å². The fraction of sp³-hybridized carbons (Fsp3) is 0.867. The van der Waals surface area contributed by atoms with E-state index in [1.165, 1.54) is 25.7 Å². The van der Waals surface area contributed by atoms with Crippen LogP contribution >= 0.6 is 0 Å². The monoisotopic (exact) mass is 282 g/mol. The summed E-state index contributed by atoms with van der Waals surface area (Å²) in [5.41, 5.74) is -0.409. The lowest BCUT2D eigenvalue weighted by molar-refractivity contribution is -0.140. The Morgan fingerprint density at radius 3 is 2.35 bits per heavy atom. The molecule has 2 rings (SSSR count). The second-order valence-corrected chi connectivity index (χ2v) is 6.82. The third-order valence-corrected chi connectivity index (χ3v) is 5.09. The number of rotatable bonds is 6. The van der Waals surface area contributed by atoms with E-state index < -0.39 is 17.3 Å². The van der Waals surface area contributed by atoms with Crippen molar-refractivity contribution in [1.82, 2.24) is 10.2 Å². The Hall–Kier alpha value is -1.10. The summed E-state index contributed by atoms with van der Waals surface area (Å²) in [4.78, 5) is 25.4. The standard InChI is InChI=1S/C15H26N2O3/c1-15(2)11(12(15)14(19)20)13(18)16-8-9-17(3)10-6-4-5-7-10/h10-12H,4-9H2,1-3H3,(H,16,18)(H,19,20). The van der Waals surface area contributed by atoms with Gasteiger partial charge in [0, 0.05) is 19.1 Å². The molecular formula is C15H26N2O3. The first kappa shape index (κ1) is 15.3. The molecule has 5 nitrogen and oxygen atoms in total. The highest BCUT2D eigenvalue weighted by atomic mass is 16.4. The third kappa shape index (κ3) is 2.97. The molecule has 2 atom stereocenters. The zero-order valence-electron chi connectivity index (χ0n) is 12.7. The zero-order chi connectivity index (χ0) is 14.9. The summed E-state index contributed by atoms with van der Waals surface area (Å²) < 4.78 is 0. The molecule has 0 spiro atoms. The molecule has 0 aromatic heterocycles. The molecule has 114 valence electrons. The Bertz CT molecular complexity index is 389. The molecular weight excluding hydrogens is 256 g/mol. The van der Waals surface area contributed by atoms with E-state index in [1.54, 1.807) is 0 Å². The molecule has 2 aliphatic carbocycles. The fourth-order valence-corrected chi connectivity index (χ4v) is 3.58. The van der Waals surface area contributed by atoms with Gasteiger partial charge in [0.25, 0.3) is 0 Å². The van der Waals surface area contributed by atoms with Crippen molar-refractivity contribution in [2.24, 2.45) is 17.3 Å². The van der Waals surface area contributed by atoms with Gasteiger partial charge >= 0.3 is 5.97 Å². The van der Waals surface area contributed by atoms with E-state index in [-0.39, 0.29) is 11.8 Å². The van der Waals surface area contributed by atoms with Crippen molar-refractivity contribution < 1.29 is 14.7 Å². The van der Waals surface area contributed by atoms with E-state index in [0.717, 1.165) is 6.54 Å². The minimum absolute atomic E-state index is 0.109. The number of nitrogens with zero attached hydrogens (tertiary/aromatic N) is 1. The molecule has 0 bridgehead atoms. The average molecular weight is 282 g/mol. The van der Waals surface area contributed by atoms with E-state index in [4.69, 9.17) is 5.11 Å². The van der Waals surface area contributed by atoms with Crippen molar-refractivity contribution >= 4 is 11.9 Å². The first-order valence-electron chi connectivity index (χ1n) is 7.56. The maximum absolute atomic E-state index is 12.0. The van der Waals surface area contributed by atoms with Crippen molar-refractivity contribution in [3.63, 3.8) is 0 Å². The van der Waals surface area contributed by atoms with Crippen LogP contribution in [0.1, 0.15) is 39.5 Å². The maximum atomic E-state index is 12.0. The average Bonchev–Trinajstić information content (AvgIpc) is 2.78. The zero-order valence-corrected chi connectivity index (χ0v) is 12.7. The van der Waals surface area contributed by atoms with E-state index in [2.05, 4.69) is 17.3 Å². The van der Waals surface area contributed by atoms with Gasteiger partial charge < -0.3 is 15.3 Å². The second kappa shape index (κ2) is 5.72. The number of carbonyl (C=O) groups is 2. The van der Waals surface area contributed by atoms with Crippen LogP contribution in [0.5, 0.6) is 0 Å². The lowest BCUT2D eigenvalue weighted by Crippen LogP contribution is -2.38. The Balaban J connectivity index is 1.72. The van der Waals surface area contributed by atoms with Crippen molar-refractivity contribution in [3.8, 4) is 0 Å². The van der Waals surface area contributed by atoms with Crippen molar-refractivity contribution in [1.29, 1.82) is 0 Å². The van der Waals surface area contributed by atoms with Gasteiger partial charge in [-0.05, 0) is 25.3 Å². The Morgan fingerprint density at radius 1 is 1.25 bits per heavy atom. The number of carboxylic acid groups (broad SMARTS) is 1. The second-order valence-electron chi connectivity index (χ2n) is 6.82. The summed E-state index contributed by atoms with van der Waals surface area (Å²) >= 11 is 0. The molecule has 0 aliphatic heterocycles. The van der Waals surface area contributed by atoms with Crippen LogP contribution in [0.3, 0.4) is 0 Å². The molecule has 2 unspecified atom stereocenters. The van der Waals surface area contributed by atoms with Crippen LogP contribution in [0.15, 0.2) is 0 Å². The molecule has 5 heteroatoms. The lowest BCUT2D eigenvalue weighted by atomic mass is 10.1. The fourth-order valence-electron chi connectivity index (χ4n) is 3.58. The Morgan fingerprint density at radius 2 is 1.85 bits per heavy atom. The molecule has 2 fully saturated rings. The minimum Gasteiger partial charge on any atom is -0.481 e. The number of aliphatic carboxylic acids is 1. The normalized spacial score (nSPS) is 28.6. The largest absolute Gasteiger partial charge is 0.481 e. The molecule has 2 saturated carbocycles. The summed E-state index contributed by atoms with van der Waals surface area (Å²) in [6.45, 7) is 5.13. The van der Waals surface area contributed by atoms with Crippen LogP contribution < -0.4 is 5.32 Å². The first-order chi connectivity index (χ1) is 9.35. The number of nitrogens with one attached hydrogen (secondary N) is 1. The number of carboxylic acids is 1. The molecule has 0 aromatic carbocycles. The van der Waals surface area contributed by atoms with Crippen LogP contribution in [-0.2, 0) is 9.59 Å². The summed E-state index contributed by atoms with van der Waals surface area (Å²) in [5, 5.41) is 12.0. The number of hydrogen-bond donors (Lipinski definition) is 2. The quantitative estimate of drug-likeness (QED) is 0.771. The number of hydrogen-bond acceptors (Lipinski definition) is 3. The molecule has 20 heavy (non-hydrogen) atoms. The minimum atomic E-state index is -0.863. The topological polar surface area (TPSA) is 69.6 Å². The van der Waals surface area contributed by atoms with Gasteiger partial charge in [0.05, 0.1) is 11.8 Å². The van der Waals surface area contributed by atoms with Crippen molar-refractivity contribution in [3.05, 3.63) is 0 Å². The molecule has 2 N–H and O–H groups in total. The van der Waals surface area contributed by atoms with Gasteiger partial charge in [0.1, 0.15) is 0 Å². The lowest BCUT2D eigenvalue weighted by Gasteiger charge is -2.23. The highest BCUT2D eigenvalue weighted by molar-refractivity contribution is 5.91. The van der Waals surface area contributed by atoms with Crippen molar-refractivity contribution in [2.75, 3.05) is 20.1 Å². The van der Waals surface area contributed by atoms with Crippen LogP contribution in [0.2, 0.25) is 0 Å². The first-order valence-corrected chi connectivity index (χ1v) is 7.56. The summed E-state index contributed by atoms with van der Waals surface area (Å²) in [6.07, 6.45) is 5.11. The van der Waals surface area contributed by atoms with E-state index in [0.29, 0.717) is 12.6 Å². The Labute approximate surface area is 120 Å². The Kier molecular flexibility index (Phi) is 4.37. The van der Waals surface area contributed by atoms with Gasteiger partial charge in [-0.15, -0.1) is 0 Å². The van der Waals surface area contributed by atoms with Crippen LogP contribution in [0, 0.1) is 17.3 Å². The van der Waals surface area contributed by atoms with E-state index in [1.807, 2.05) is 13.8 Å². The smallest absolute Gasteiger partial charge is 0.307 e. The van der Waals surface area contributed by atoms with Crippen LogP contribution in [0.25, 0.3) is 0 Å². The molecule has 0 heterocycles. The molecule has 0 aromatic rings. The molecule has 2 aliphatic rings. The van der Waals surface area contributed by atoms with E-state index >= 15 is 0 Å². The number of amides is 1. The third-order valence-electron chi connectivity index (χ3n) is 5.09. The molecule has 1 amide bonds. The molecule has 0 radical (unpaired) electrons. The van der Waals surface area contributed by atoms with Gasteiger partial charge in [-0.3, -0.25) is 9.59 Å². The van der Waals surface area contributed by atoms with Gasteiger partial charge in [-0.25, -0.2) is 0 Å². The SMILES string of the molecule is CN(CCNC(=O)C1C(C(=O)O)C1(C)C)C1CCCC1. The number of carbonyl (C=O) groups excluding carboxylic acids is 1. The predicted octanol–water partition coefficient (Wildman–Crippen LogP) is 1.33. The highest BCUT2D eigenvalue weighted by Crippen LogP contribution is 2.58. The van der Waals surface area contributed by atoms with Crippen LogP contribution in [0.4, 0.5) is 0 Å². The highest BCUT2D eigenvalue weighted by Gasteiger charge is 2.65. The predicted molar refractivity (Wildman–Crippen MR) is 76.3 cm³/mol.